The number of hydrogen-bond donors (Lipinski definition) is 3. The van der Waals surface area contributed by atoms with Crippen LogP contribution in [0.5, 0.6) is 0 Å². The van der Waals surface area contributed by atoms with Gasteiger partial charge in [0.05, 0.1) is 0 Å². The maximum absolute atomic E-state index is 9.22. The number of aldehydes is 1. The summed E-state index contributed by atoms with van der Waals surface area (Å²) in [5.41, 5.74) is 4.28. The first-order valence-electron chi connectivity index (χ1n) is 1.35. The monoisotopic (exact) mass is 105 g/mol. The second-order valence-corrected chi connectivity index (χ2v) is 0.520. The Bertz CT molecular complexity index is 62.0. The highest BCUT2D eigenvalue weighted by Gasteiger charge is 1.76. The molecule has 0 rings (SSSR count). The number of rotatable bonds is 1. The first kappa shape index (κ1) is 9.41. The fraction of sp³-hybridized carbons (Fsp3) is 0. The molecule has 5 nitrogen and oxygen atoms in total. The van der Waals surface area contributed by atoms with Crippen molar-refractivity contribution in [2.75, 3.05) is 0 Å². The number of hydrazine groups is 1. The Kier molecular flexibility index (Phi) is 12.0. The summed E-state index contributed by atoms with van der Waals surface area (Å²) in [7, 11) is 0. The molecule has 0 aliphatic carbocycles. The third kappa shape index (κ3) is 42.2. The van der Waals surface area contributed by atoms with E-state index < -0.39 is 5.91 Å². The molecule has 0 fully saturated rings. The molecule has 0 atom stereocenters. The van der Waals surface area contributed by atoms with Crippen LogP contribution < -0.4 is 17.4 Å². The molecule has 0 saturated carbocycles. The van der Waals surface area contributed by atoms with Gasteiger partial charge in [-0.2, -0.15) is 0 Å². The average Bonchev–Trinajstić information content (AvgIpc) is 1.73. The minimum absolute atomic E-state index is 0.0556. The van der Waals surface area contributed by atoms with E-state index in [4.69, 9.17) is 4.79 Å². The van der Waals surface area contributed by atoms with Gasteiger partial charge < -0.3 is 5.73 Å². The standard InChI is InChI=1S/C2H3NO2.H4N2/c3-2(5)1-4;1-2/h1H,(H2,3,5);1-2H2. The molecule has 5 heteroatoms. The van der Waals surface area contributed by atoms with E-state index in [0.29, 0.717) is 0 Å². The van der Waals surface area contributed by atoms with Crippen LogP contribution in [0.1, 0.15) is 0 Å². The Labute approximate surface area is 40.4 Å². The van der Waals surface area contributed by atoms with Gasteiger partial charge in [0, 0.05) is 0 Å². The normalized spacial score (nSPS) is 5.43. The summed E-state index contributed by atoms with van der Waals surface area (Å²) in [4.78, 5) is 18.3. The van der Waals surface area contributed by atoms with Crippen LogP contribution in [-0.2, 0) is 9.59 Å². The third-order valence-electron chi connectivity index (χ3n) is 0.116. The van der Waals surface area contributed by atoms with Gasteiger partial charge in [0.25, 0.3) is 5.91 Å². The van der Waals surface area contributed by atoms with E-state index in [2.05, 4.69) is 17.4 Å². The van der Waals surface area contributed by atoms with Crippen LogP contribution in [0.4, 0.5) is 0 Å². The van der Waals surface area contributed by atoms with Crippen LogP contribution in [0.3, 0.4) is 0 Å². The first-order chi connectivity index (χ1) is 3.27. The predicted octanol–water partition coefficient (Wildman–Crippen LogP) is -2.51. The second-order valence-electron chi connectivity index (χ2n) is 0.520. The molecule has 6 N–H and O–H groups in total. The highest BCUT2D eigenvalue weighted by atomic mass is 16.2. The molecule has 0 aliphatic heterocycles. The van der Waals surface area contributed by atoms with E-state index in [9.17, 15) is 4.79 Å². The SMILES string of the molecule is NC(=O)C=O.NN. The van der Waals surface area contributed by atoms with E-state index in [1.165, 1.54) is 0 Å². The molecule has 0 radical (unpaired) electrons. The van der Waals surface area contributed by atoms with Crippen molar-refractivity contribution in [1.82, 2.24) is 0 Å². The van der Waals surface area contributed by atoms with Crippen molar-refractivity contribution in [2.45, 2.75) is 0 Å². The lowest BCUT2D eigenvalue weighted by Gasteiger charge is -1.60. The summed E-state index contributed by atoms with van der Waals surface area (Å²) in [5.74, 6) is 7.07. The van der Waals surface area contributed by atoms with Crippen molar-refractivity contribution < 1.29 is 9.59 Å². The van der Waals surface area contributed by atoms with Crippen LogP contribution >= 0.6 is 0 Å². The highest BCUT2D eigenvalue weighted by molar-refractivity contribution is 6.22. The Morgan fingerprint density at radius 3 is 1.57 bits per heavy atom. The molecule has 7 heavy (non-hydrogen) atoms. The molecule has 0 aromatic rings. The number of hydrogen-bond acceptors (Lipinski definition) is 4. The van der Waals surface area contributed by atoms with Gasteiger partial charge in [-0.3, -0.25) is 21.3 Å². The molecule has 0 aromatic carbocycles. The minimum atomic E-state index is -0.926. The van der Waals surface area contributed by atoms with E-state index in [1.807, 2.05) is 0 Å². The van der Waals surface area contributed by atoms with Gasteiger partial charge in [-0.05, 0) is 0 Å². The summed E-state index contributed by atoms with van der Waals surface area (Å²) in [6.45, 7) is 0. The van der Waals surface area contributed by atoms with Gasteiger partial charge in [-0.1, -0.05) is 0 Å². The molecule has 0 aliphatic rings. The van der Waals surface area contributed by atoms with E-state index in [0.717, 1.165) is 0 Å². The van der Waals surface area contributed by atoms with Crippen LogP contribution in [0.15, 0.2) is 0 Å². The zero-order valence-electron chi connectivity index (χ0n) is 3.63. The van der Waals surface area contributed by atoms with Crippen molar-refractivity contribution >= 4 is 12.2 Å². The van der Waals surface area contributed by atoms with Crippen LogP contribution in [-0.4, -0.2) is 12.2 Å². The van der Waals surface area contributed by atoms with E-state index >= 15 is 0 Å². The molecule has 1 amide bonds. The lowest BCUT2D eigenvalue weighted by molar-refractivity contribution is -0.129. The molecule has 0 unspecified atom stereocenters. The molecule has 0 saturated heterocycles. The van der Waals surface area contributed by atoms with Crippen molar-refractivity contribution in [1.29, 1.82) is 0 Å². The molecule has 42 valence electrons. The van der Waals surface area contributed by atoms with E-state index in [1.54, 1.807) is 0 Å². The van der Waals surface area contributed by atoms with Gasteiger partial charge in [-0.15, -0.1) is 0 Å². The fourth-order valence-corrected chi connectivity index (χ4v) is 0. The fourth-order valence-electron chi connectivity index (χ4n) is 0. The van der Waals surface area contributed by atoms with Crippen molar-refractivity contribution in [3.05, 3.63) is 0 Å². The van der Waals surface area contributed by atoms with Crippen molar-refractivity contribution in [2.24, 2.45) is 17.4 Å². The van der Waals surface area contributed by atoms with Gasteiger partial charge in [-0.25, -0.2) is 0 Å². The highest BCUT2D eigenvalue weighted by Crippen LogP contribution is 1.30. The molecular formula is C2H7N3O2. The largest absolute Gasteiger partial charge is 0.363 e. The molecule has 0 heterocycles. The van der Waals surface area contributed by atoms with E-state index in [-0.39, 0.29) is 6.29 Å². The van der Waals surface area contributed by atoms with Crippen LogP contribution in [0, 0.1) is 0 Å². The second kappa shape index (κ2) is 8.91. The average molecular weight is 105 g/mol. The Balaban J connectivity index is 0. The molecule has 0 aromatic heterocycles. The zero-order valence-corrected chi connectivity index (χ0v) is 3.63. The number of carbonyl (C=O) groups is 2. The summed E-state index contributed by atoms with van der Waals surface area (Å²) in [6, 6.07) is 0. The quantitative estimate of drug-likeness (QED) is 0.148. The maximum Gasteiger partial charge on any atom is 0.281 e. The minimum Gasteiger partial charge on any atom is -0.363 e. The number of amides is 1. The lowest BCUT2D eigenvalue weighted by atomic mass is 10.8. The van der Waals surface area contributed by atoms with Gasteiger partial charge in [0.15, 0.2) is 0 Å². The van der Waals surface area contributed by atoms with Crippen molar-refractivity contribution in [3.8, 4) is 0 Å². The maximum atomic E-state index is 9.22. The Morgan fingerprint density at radius 1 is 1.43 bits per heavy atom. The smallest absolute Gasteiger partial charge is 0.281 e. The Hall–Kier alpha value is -0.940. The van der Waals surface area contributed by atoms with Crippen LogP contribution in [0.25, 0.3) is 0 Å². The molecule has 0 spiro atoms. The summed E-state index contributed by atoms with van der Waals surface area (Å²) in [5, 5.41) is 0. The number of nitrogens with two attached hydrogens (primary N) is 3. The summed E-state index contributed by atoms with van der Waals surface area (Å²) in [6.07, 6.45) is 0.0556. The van der Waals surface area contributed by atoms with Gasteiger partial charge in [0.1, 0.15) is 0 Å². The van der Waals surface area contributed by atoms with Gasteiger partial charge in [0.2, 0.25) is 6.29 Å². The van der Waals surface area contributed by atoms with Crippen LogP contribution in [0.2, 0.25) is 0 Å². The Morgan fingerprint density at radius 2 is 1.57 bits per heavy atom. The topological polar surface area (TPSA) is 112 Å². The predicted molar refractivity (Wildman–Crippen MR) is 23.6 cm³/mol. The number of primary amides is 1. The molecular weight excluding hydrogens is 98.0 g/mol. The summed E-state index contributed by atoms with van der Waals surface area (Å²) >= 11 is 0. The lowest BCUT2D eigenvalue weighted by Crippen LogP contribution is -2.10. The van der Waals surface area contributed by atoms with Gasteiger partial charge >= 0.3 is 0 Å². The first-order valence-corrected chi connectivity index (χ1v) is 1.35. The van der Waals surface area contributed by atoms with Crippen molar-refractivity contribution in [3.63, 3.8) is 0 Å². The molecule has 0 bridgehead atoms. The summed E-state index contributed by atoms with van der Waals surface area (Å²) < 4.78 is 0. The third-order valence-corrected chi connectivity index (χ3v) is 0.116. The number of carbonyl (C=O) groups excluding carboxylic acids is 2. The zero-order chi connectivity index (χ0) is 6.28.